The topological polar surface area (TPSA) is 93.4 Å². The number of nitrogens with zero attached hydrogens (tertiary/aromatic N) is 2. The van der Waals surface area contributed by atoms with E-state index < -0.39 is 5.97 Å². The molecular weight excluding hydrogens is 338 g/mol. The predicted octanol–water partition coefficient (Wildman–Crippen LogP) is 1.73. The Labute approximate surface area is 153 Å². The predicted molar refractivity (Wildman–Crippen MR) is 95.9 cm³/mol. The minimum Gasteiger partial charge on any atom is -0.469 e. The smallest absolute Gasteiger partial charge is 0.341 e. The van der Waals surface area contributed by atoms with E-state index in [1.807, 2.05) is 6.92 Å². The maximum atomic E-state index is 11.7. The largest absolute Gasteiger partial charge is 0.469 e. The first-order valence-corrected chi connectivity index (χ1v) is 8.78. The van der Waals surface area contributed by atoms with Crippen LogP contribution in [0, 0.1) is 12.8 Å². The van der Waals surface area contributed by atoms with Crippen LogP contribution < -0.4 is 5.32 Å². The molecule has 2 heterocycles. The summed E-state index contributed by atoms with van der Waals surface area (Å²) in [6, 6.07) is 1.66. The van der Waals surface area contributed by atoms with Crippen LogP contribution in [0.1, 0.15) is 41.6 Å². The molecule has 1 fully saturated rings. The molecule has 0 unspecified atom stereocenters. The minimum atomic E-state index is -0.418. The number of ether oxygens (including phenoxy) is 2. The van der Waals surface area contributed by atoms with E-state index in [1.165, 1.54) is 14.2 Å². The van der Waals surface area contributed by atoms with Crippen LogP contribution in [0.3, 0.4) is 0 Å². The Morgan fingerprint density at radius 1 is 1.31 bits per heavy atom. The molecule has 0 saturated carbocycles. The van der Waals surface area contributed by atoms with Crippen molar-refractivity contribution in [1.82, 2.24) is 10.2 Å². The molecule has 0 bridgehead atoms. The lowest BCUT2D eigenvalue weighted by atomic mass is 9.97. The number of guanidine groups is 1. The van der Waals surface area contributed by atoms with E-state index in [1.54, 1.807) is 13.0 Å². The maximum absolute atomic E-state index is 11.7. The molecule has 0 spiro atoms. The van der Waals surface area contributed by atoms with Crippen molar-refractivity contribution in [3.05, 3.63) is 23.2 Å². The molecule has 0 radical (unpaired) electrons. The van der Waals surface area contributed by atoms with Gasteiger partial charge in [-0.05, 0) is 32.8 Å². The number of aryl methyl sites for hydroxylation is 1. The second-order valence-corrected chi connectivity index (χ2v) is 6.13. The van der Waals surface area contributed by atoms with Crippen molar-refractivity contribution in [1.29, 1.82) is 0 Å². The van der Waals surface area contributed by atoms with Crippen molar-refractivity contribution in [2.75, 3.05) is 33.9 Å². The lowest BCUT2D eigenvalue weighted by molar-refractivity contribution is -0.146. The first-order chi connectivity index (χ1) is 12.5. The van der Waals surface area contributed by atoms with Gasteiger partial charge >= 0.3 is 11.9 Å². The van der Waals surface area contributed by atoms with Crippen molar-refractivity contribution in [2.45, 2.75) is 33.2 Å². The van der Waals surface area contributed by atoms with E-state index in [4.69, 9.17) is 13.9 Å². The summed E-state index contributed by atoms with van der Waals surface area (Å²) in [5.41, 5.74) is 0.418. The third-order valence-corrected chi connectivity index (χ3v) is 4.42. The molecule has 2 rings (SSSR count). The van der Waals surface area contributed by atoms with Gasteiger partial charge in [0, 0.05) is 19.6 Å². The Hall–Kier alpha value is -2.51. The number of esters is 2. The van der Waals surface area contributed by atoms with E-state index in [9.17, 15) is 9.59 Å². The number of methoxy groups -OCH3 is 2. The van der Waals surface area contributed by atoms with E-state index in [0.29, 0.717) is 23.6 Å². The van der Waals surface area contributed by atoms with Gasteiger partial charge in [-0.3, -0.25) is 4.79 Å². The second kappa shape index (κ2) is 9.26. The van der Waals surface area contributed by atoms with Crippen molar-refractivity contribution >= 4 is 17.9 Å². The maximum Gasteiger partial charge on any atom is 0.341 e. The van der Waals surface area contributed by atoms with Gasteiger partial charge in [-0.2, -0.15) is 0 Å². The first kappa shape index (κ1) is 19.8. The molecule has 144 valence electrons. The lowest BCUT2D eigenvalue weighted by Gasteiger charge is -2.33. The zero-order valence-electron chi connectivity index (χ0n) is 15.8. The van der Waals surface area contributed by atoms with E-state index in [2.05, 4.69) is 15.2 Å². The van der Waals surface area contributed by atoms with Crippen molar-refractivity contribution < 1.29 is 23.5 Å². The van der Waals surface area contributed by atoms with Gasteiger partial charge in [0.2, 0.25) is 0 Å². The number of nitrogens with one attached hydrogen (secondary N) is 1. The number of hydrogen-bond acceptors (Lipinski definition) is 6. The van der Waals surface area contributed by atoms with Gasteiger partial charge < -0.3 is 24.1 Å². The van der Waals surface area contributed by atoms with E-state index in [0.717, 1.165) is 38.4 Å². The van der Waals surface area contributed by atoms with Crippen molar-refractivity contribution in [3.8, 4) is 0 Å². The van der Waals surface area contributed by atoms with Crippen LogP contribution in [0.25, 0.3) is 0 Å². The monoisotopic (exact) mass is 365 g/mol. The van der Waals surface area contributed by atoms with Gasteiger partial charge in [-0.1, -0.05) is 0 Å². The fourth-order valence-corrected chi connectivity index (χ4v) is 3.01. The third kappa shape index (κ3) is 4.77. The molecule has 0 amide bonds. The van der Waals surface area contributed by atoms with Crippen LogP contribution in [0.15, 0.2) is 15.5 Å². The van der Waals surface area contributed by atoms with Gasteiger partial charge in [-0.15, -0.1) is 0 Å². The Morgan fingerprint density at radius 2 is 2.00 bits per heavy atom. The quantitative estimate of drug-likeness (QED) is 0.482. The Bertz CT molecular complexity index is 660. The van der Waals surface area contributed by atoms with Crippen LogP contribution in [0.2, 0.25) is 0 Å². The Kier molecular flexibility index (Phi) is 7.06. The van der Waals surface area contributed by atoms with E-state index >= 15 is 0 Å². The number of aliphatic imine (C=N–C) groups is 1. The van der Waals surface area contributed by atoms with Crippen LogP contribution in [-0.4, -0.2) is 56.7 Å². The molecule has 1 N–H and O–H groups in total. The summed E-state index contributed by atoms with van der Waals surface area (Å²) in [6.07, 6.45) is 1.48. The number of hydrogen-bond donors (Lipinski definition) is 1. The molecule has 0 aliphatic carbocycles. The highest BCUT2D eigenvalue weighted by molar-refractivity contribution is 5.90. The van der Waals surface area contributed by atoms with Crippen LogP contribution in [0.5, 0.6) is 0 Å². The van der Waals surface area contributed by atoms with Crippen LogP contribution in [-0.2, 0) is 20.8 Å². The van der Waals surface area contributed by atoms with Gasteiger partial charge in [0.15, 0.2) is 5.96 Å². The molecule has 8 nitrogen and oxygen atoms in total. The summed E-state index contributed by atoms with van der Waals surface area (Å²) in [7, 11) is 2.77. The zero-order valence-corrected chi connectivity index (χ0v) is 15.8. The lowest BCUT2D eigenvalue weighted by Crippen LogP contribution is -2.46. The highest BCUT2D eigenvalue weighted by Gasteiger charge is 2.27. The Morgan fingerprint density at radius 3 is 2.58 bits per heavy atom. The molecule has 0 atom stereocenters. The zero-order chi connectivity index (χ0) is 19.1. The fourth-order valence-electron chi connectivity index (χ4n) is 3.01. The average molecular weight is 365 g/mol. The number of rotatable bonds is 5. The van der Waals surface area contributed by atoms with Gasteiger partial charge in [0.25, 0.3) is 0 Å². The van der Waals surface area contributed by atoms with Crippen LogP contribution in [0.4, 0.5) is 0 Å². The van der Waals surface area contributed by atoms with E-state index in [-0.39, 0.29) is 11.9 Å². The minimum absolute atomic E-state index is 0.0468. The molecule has 1 aliphatic heterocycles. The SMILES string of the molecule is CCNC(=NCc1cc(C(=O)OC)c(C)o1)N1CCC(C(=O)OC)CC1. The van der Waals surface area contributed by atoms with Crippen molar-refractivity contribution in [2.24, 2.45) is 10.9 Å². The highest BCUT2D eigenvalue weighted by atomic mass is 16.5. The summed E-state index contributed by atoms with van der Waals surface area (Å²) in [5, 5.41) is 3.26. The van der Waals surface area contributed by atoms with Gasteiger partial charge in [0.1, 0.15) is 23.6 Å². The van der Waals surface area contributed by atoms with Crippen molar-refractivity contribution in [3.63, 3.8) is 0 Å². The molecular formula is C18H27N3O5. The molecule has 8 heteroatoms. The summed E-state index contributed by atoms with van der Waals surface area (Å²) in [4.78, 5) is 30.1. The first-order valence-electron chi connectivity index (χ1n) is 8.78. The number of furan rings is 1. The Balaban J connectivity index is 2.03. The normalized spacial score (nSPS) is 15.7. The standard InChI is InChI=1S/C18H27N3O5/c1-5-19-18(21-8-6-13(7-9-21)16(22)24-3)20-11-14-10-15(12(2)26-14)17(23)25-4/h10,13H,5-9,11H2,1-4H3,(H,19,20). The molecule has 1 aromatic heterocycles. The molecule has 1 aromatic rings. The van der Waals surface area contributed by atoms with Gasteiger partial charge in [-0.25, -0.2) is 9.79 Å². The molecule has 26 heavy (non-hydrogen) atoms. The third-order valence-electron chi connectivity index (χ3n) is 4.42. The summed E-state index contributed by atoms with van der Waals surface area (Å²) < 4.78 is 15.2. The molecule has 1 aliphatic rings. The summed E-state index contributed by atoms with van der Waals surface area (Å²) >= 11 is 0. The highest BCUT2D eigenvalue weighted by Crippen LogP contribution is 2.19. The second-order valence-electron chi connectivity index (χ2n) is 6.13. The fraction of sp³-hybridized carbons (Fsp3) is 0.611. The molecule has 0 aromatic carbocycles. The summed E-state index contributed by atoms with van der Waals surface area (Å²) in [5.74, 6) is 1.28. The average Bonchev–Trinajstić information content (AvgIpc) is 3.04. The number of carbonyl (C=O) groups is 2. The molecule has 1 saturated heterocycles. The number of piperidine rings is 1. The summed E-state index contributed by atoms with van der Waals surface area (Å²) in [6.45, 7) is 6.25. The number of likely N-dealkylation sites (tertiary alicyclic amines) is 1. The van der Waals surface area contributed by atoms with Crippen LogP contribution >= 0.6 is 0 Å². The van der Waals surface area contributed by atoms with Gasteiger partial charge in [0.05, 0.1) is 20.1 Å². The number of carbonyl (C=O) groups excluding carboxylic acids is 2.